The van der Waals surface area contributed by atoms with E-state index in [9.17, 15) is 9.18 Å². The number of nitrogens with one attached hydrogen (secondary N) is 1. The molecular weight excluding hydrogens is 207 g/mol. The van der Waals surface area contributed by atoms with Crippen molar-refractivity contribution in [2.24, 2.45) is 5.10 Å². The van der Waals surface area contributed by atoms with Crippen LogP contribution in [0.25, 0.3) is 0 Å². The monoisotopic (exact) mass is 224 g/mol. The second kappa shape index (κ2) is 7.56. The van der Waals surface area contributed by atoms with E-state index in [0.29, 0.717) is 6.54 Å². The van der Waals surface area contributed by atoms with E-state index in [0.717, 1.165) is 11.1 Å². The molecule has 0 fully saturated rings. The van der Waals surface area contributed by atoms with Crippen LogP contribution in [-0.2, 0) is 4.79 Å². The maximum Gasteiger partial charge on any atom is 0.347 e. The molecule has 0 saturated heterocycles. The molecule has 0 aromatic heterocycles. The highest BCUT2D eigenvalue weighted by Crippen LogP contribution is 1.98. The first-order valence-corrected chi connectivity index (χ1v) is 4.93. The lowest BCUT2D eigenvalue weighted by atomic mass is 10.2. The van der Waals surface area contributed by atoms with Gasteiger partial charge in [0.05, 0.1) is 6.54 Å². The maximum atomic E-state index is 12.1. The van der Waals surface area contributed by atoms with Crippen LogP contribution in [0, 0.1) is 0 Å². The van der Waals surface area contributed by atoms with Crippen LogP contribution in [-0.4, -0.2) is 18.3 Å². The lowest BCUT2D eigenvalue weighted by Gasteiger charge is -2.00. The quantitative estimate of drug-likeness (QED) is 0.326. The molecular formula is C12H17FN2O. The highest BCUT2D eigenvalue weighted by molar-refractivity contribution is 6.34. The van der Waals surface area contributed by atoms with E-state index < -0.39 is 6.04 Å². The number of allylic oxidation sites excluding steroid dienone is 3. The molecule has 0 amide bonds. The number of carbonyl (C=O) groups excluding carboxylic acids is 1. The number of carbonyl (C=O) groups is 1. The summed E-state index contributed by atoms with van der Waals surface area (Å²) < 4.78 is 12.1. The zero-order valence-corrected chi connectivity index (χ0v) is 9.88. The van der Waals surface area contributed by atoms with Crippen LogP contribution >= 0.6 is 0 Å². The standard InChI is InChI=1S/C12H17FN2O/c1-5-9(2)6-7-10(3)8-14-15-11(4)12(13)16/h5-7,14H,3,8H2,1-2,4H3/b7-6-,9-5-,15-11+. The van der Waals surface area contributed by atoms with Crippen LogP contribution in [0.3, 0.4) is 0 Å². The Labute approximate surface area is 95.4 Å². The molecule has 0 aromatic rings. The second-order valence-electron chi connectivity index (χ2n) is 3.33. The van der Waals surface area contributed by atoms with Crippen molar-refractivity contribution in [2.45, 2.75) is 20.8 Å². The van der Waals surface area contributed by atoms with Gasteiger partial charge in [0.1, 0.15) is 5.71 Å². The number of hydrogen-bond donors (Lipinski definition) is 1. The highest BCUT2D eigenvalue weighted by atomic mass is 19.1. The maximum absolute atomic E-state index is 12.1. The Kier molecular flexibility index (Phi) is 6.76. The molecule has 0 saturated carbocycles. The summed E-state index contributed by atoms with van der Waals surface area (Å²) >= 11 is 0. The van der Waals surface area contributed by atoms with E-state index in [1.807, 2.05) is 32.1 Å². The van der Waals surface area contributed by atoms with Crippen LogP contribution < -0.4 is 5.43 Å². The number of hydrogen-bond acceptors (Lipinski definition) is 3. The Hall–Kier alpha value is -1.71. The average Bonchev–Trinajstić information content (AvgIpc) is 2.25. The van der Waals surface area contributed by atoms with Crippen molar-refractivity contribution in [1.82, 2.24) is 5.43 Å². The summed E-state index contributed by atoms with van der Waals surface area (Å²) in [5.74, 6) is 0. The Morgan fingerprint density at radius 1 is 1.44 bits per heavy atom. The zero-order valence-electron chi connectivity index (χ0n) is 9.88. The fraction of sp³-hybridized carbons (Fsp3) is 0.333. The molecule has 16 heavy (non-hydrogen) atoms. The molecule has 0 aromatic carbocycles. The summed E-state index contributed by atoms with van der Waals surface area (Å²) in [6, 6.07) is -1.53. The molecule has 4 heteroatoms. The molecule has 0 radical (unpaired) electrons. The van der Waals surface area contributed by atoms with Gasteiger partial charge in [-0.3, -0.25) is 4.79 Å². The topological polar surface area (TPSA) is 41.5 Å². The first-order valence-electron chi connectivity index (χ1n) is 4.93. The van der Waals surface area contributed by atoms with Crippen LogP contribution in [0.1, 0.15) is 20.8 Å². The van der Waals surface area contributed by atoms with Crippen molar-refractivity contribution in [2.75, 3.05) is 6.54 Å². The van der Waals surface area contributed by atoms with Gasteiger partial charge in [0, 0.05) is 0 Å². The Bertz CT molecular complexity index is 354. The van der Waals surface area contributed by atoms with Gasteiger partial charge in [-0.05, 0) is 26.3 Å². The normalized spacial score (nSPS) is 13.0. The Morgan fingerprint density at radius 2 is 2.06 bits per heavy atom. The minimum Gasteiger partial charge on any atom is -0.305 e. The molecule has 0 aliphatic carbocycles. The van der Waals surface area contributed by atoms with Crippen LogP contribution in [0.15, 0.2) is 41.1 Å². The molecule has 0 bridgehead atoms. The summed E-state index contributed by atoms with van der Waals surface area (Å²) in [7, 11) is 0. The second-order valence-corrected chi connectivity index (χ2v) is 3.33. The predicted octanol–water partition coefficient (Wildman–Crippen LogP) is 2.53. The van der Waals surface area contributed by atoms with E-state index in [2.05, 4.69) is 17.1 Å². The molecule has 0 aliphatic rings. The van der Waals surface area contributed by atoms with Crippen molar-refractivity contribution >= 4 is 11.7 Å². The molecule has 0 unspecified atom stereocenters. The summed E-state index contributed by atoms with van der Waals surface area (Å²) in [6.07, 6.45) is 5.73. The van der Waals surface area contributed by atoms with Gasteiger partial charge in [0.2, 0.25) is 0 Å². The molecule has 1 N–H and O–H groups in total. The third-order valence-corrected chi connectivity index (χ3v) is 1.87. The van der Waals surface area contributed by atoms with E-state index in [1.165, 1.54) is 6.92 Å². The van der Waals surface area contributed by atoms with E-state index >= 15 is 0 Å². The summed E-state index contributed by atoms with van der Waals surface area (Å²) in [6.45, 7) is 9.37. The van der Waals surface area contributed by atoms with Crippen molar-refractivity contribution < 1.29 is 9.18 Å². The minimum atomic E-state index is -1.53. The van der Waals surface area contributed by atoms with Gasteiger partial charge < -0.3 is 5.43 Å². The molecule has 0 rings (SSSR count). The average molecular weight is 224 g/mol. The van der Waals surface area contributed by atoms with Gasteiger partial charge in [-0.15, -0.1) is 0 Å². The summed E-state index contributed by atoms with van der Waals surface area (Å²) in [5, 5.41) is 3.54. The van der Waals surface area contributed by atoms with E-state index in [-0.39, 0.29) is 5.71 Å². The molecule has 0 spiro atoms. The highest BCUT2D eigenvalue weighted by Gasteiger charge is 2.01. The number of nitrogens with zero attached hydrogens (tertiary/aromatic N) is 1. The van der Waals surface area contributed by atoms with Gasteiger partial charge in [0.25, 0.3) is 0 Å². The fourth-order valence-corrected chi connectivity index (χ4v) is 0.708. The molecule has 0 aliphatic heterocycles. The third kappa shape index (κ3) is 6.70. The van der Waals surface area contributed by atoms with Crippen molar-refractivity contribution in [1.29, 1.82) is 0 Å². The SMILES string of the molecule is C=C(/C=C\C(C)=C/C)CN/N=C(\C)C(=O)F. The van der Waals surface area contributed by atoms with Gasteiger partial charge in [0.15, 0.2) is 0 Å². The van der Waals surface area contributed by atoms with E-state index in [1.54, 1.807) is 0 Å². The van der Waals surface area contributed by atoms with Crippen molar-refractivity contribution in [3.8, 4) is 0 Å². The van der Waals surface area contributed by atoms with Gasteiger partial charge in [-0.25, -0.2) is 0 Å². The first-order chi connectivity index (χ1) is 7.47. The molecule has 88 valence electrons. The summed E-state index contributed by atoms with van der Waals surface area (Å²) in [4.78, 5) is 10.2. The minimum absolute atomic E-state index is 0.193. The first kappa shape index (κ1) is 14.3. The number of rotatable bonds is 6. The smallest absolute Gasteiger partial charge is 0.305 e. The zero-order chi connectivity index (χ0) is 12.6. The van der Waals surface area contributed by atoms with Gasteiger partial charge >= 0.3 is 6.04 Å². The van der Waals surface area contributed by atoms with Crippen LogP contribution in [0.5, 0.6) is 0 Å². The Balaban J connectivity index is 4.05. The Morgan fingerprint density at radius 3 is 2.56 bits per heavy atom. The molecule has 0 atom stereocenters. The molecule has 0 heterocycles. The fourth-order valence-electron chi connectivity index (χ4n) is 0.708. The number of halogens is 1. The van der Waals surface area contributed by atoms with Gasteiger partial charge in [-0.1, -0.05) is 30.4 Å². The lowest BCUT2D eigenvalue weighted by Crippen LogP contribution is -2.14. The molecule has 3 nitrogen and oxygen atoms in total. The largest absolute Gasteiger partial charge is 0.347 e. The summed E-state index contributed by atoms with van der Waals surface area (Å²) in [5.41, 5.74) is 4.29. The van der Waals surface area contributed by atoms with E-state index in [4.69, 9.17) is 0 Å². The van der Waals surface area contributed by atoms with Crippen LogP contribution in [0.4, 0.5) is 4.39 Å². The van der Waals surface area contributed by atoms with Crippen LogP contribution in [0.2, 0.25) is 0 Å². The predicted molar refractivity (Wildman–Crippen MR) is 64.9 cm³/mol. The third-order valence-electron chi connectivity index (χ3n) is 1.87. The van der Waals surface area contributed by atoms with Crippen molar-refractivity contribution in [3.63, 3.8) is 0 Å². The lowest BCUT2D eigenvalue weighted by molar-refractivity contribution is -0.122. The number of hydrazone groups is 1. The van der Waals surface area contributed by atoms with Gasteiger partial charge in [-0.2, -0.15) is 9.49 Å². The van der Waals surface area contributed by atoms with Crippen molar-refractivity contribution in [3.05, 3.63) is 36.0 Å².